The van der Waals surface area contributed by atoms with Crippen molar-refractivity contribution in [3.63, 3.8) is 0 Å². The normalized spacial score (nSPS) is 12.6. The molecule has 1 unspecified atom stereocenters. The summed E-state index contributed by atoms with van der Waals surface area (Å²) in [5.74, 6) is -0.164. The van der Waals surface area contributed by atoms with Crippen LogP contribution < -0.4 is 5.32 Å². The van der Waals surface area contributed by atoms with Crippen molar-refractivity contribution in [3.8, 4) is 0 Å². The molecule has 1 heterocycles. The Kier molecular flexibility index (Phi) is 5.13. The number of hydrogen-bond acceptors (Lipinski definition) is 2. The Morgan fingerprint density at radius 1 is 1.32 bits per heavy atom. The molecule has 1 aromatic carbocycles. The van der Waals surface area contributed by atoms with Crippen LogP contribution in [0.5, 0.6) is 0 Å². The monoisotopic (exact) mass is 341 g/mol. The summed E-state index contributed by atoms with van der Waals surface area (Å²) in [5, 5.41) is 3.37. The standard InChI is InChI=1S/C15H17BrFNS/c1-3-13-5-7-15(19-13)10(2)18-9-11-8-12(16)4-6-14(11)17/h4-8,10,18H,3,9H2,1-2H3. The lowest BCUT2D eigenvalue weighted by atomic mass is 10.2. The van der Waals surface area contributed by atoms with Crippen LogP contribution in [0.1, 0.15) is 35.2 Å². The first-order valence-electron chi connectivity index (χ1n) is 6.36. The second kappa shape index (κ2) is 6.64. The Morgan fingerprint density at radius 2 is 2.11 bits per heavy atom. The Labute approximate surface area is 126 Å². The van der Waals surface area contributed by atoms with E-state index in [2.05, 4.69) is 47.2 Å². The number of halogens is 2. The Hall–Kier alpha value is -0.710. The van der Waals surface area contributed by atoms with E-state index in [0.29, 0.717) is 12.1 Å². The summed E-state index contributed by atoms with van der Waals surface area (Å²) in [6.07, 6.45) is 1.07. The summed E-state index contributed by atoms with van der Waals surface area (Å²) < 4.78 is 14.5. The van der Waals surface area contributed by atoms with Crippen LogP contribution in [0, 0.1) is 5.82 Å². The predicted molar refractivity (Wildman–Crippen MR) is 83.1 cm³/mol. The average molecular weight is 342 g/mol. The van der Waals surface area contributed by atoms with Gasteiger partial charge in [0.25, 0.3) is 0 Å². The van der Waals surface area contributed by atoms with Gasteiger partial charge in [0.15, 0.2) is 0 Å². The highest BCUT2D eigenvalue weighted by Crippen LogP contribution is 2.24. The Balaban J connectivity index is 1.99. The summed E-state index contributed by atoms with van der Waals surface area (Å²) in [6, 6.07) is 9.59. The maximum atomic E-state index is 13.6. The maximum Gasteiger partial charge on any atom is 0.127 e. The molecule has 4 heteroatoms. The van der Waals surface area contributed by atoms with Crippen LogP contribution >= 0.6 is 27.3 Å². The average Bonchev–Trinajstić information content (AvgIpc) is 2.88. The van der Waals surface area contributed by atoms with E-state index >= 15 is 0 Å². The second-order valence-electron chi connectivity index (χ2n) is 4.50. The molecule has 1 aromatic heterocycles. The van der Waals surface area contributed by atoms with Gasteiger partial charge in [-0.1, -0.05) is 22.9 Å². The van der Waals surface area contributed by atoms with Crippen LogP contribution in [0.3, 0.4) is 0 Å². The molecule has 0 spiro atoms. The van der Waals surface area contributed by atoms with Crippen LogP contribution in [0.2, 0.25) is 0 Å². The lowest BCUT2D eigenvalue weighted by Crippen LogP contribution is -2.17. The molecular formula is C15H17BrFNS. The lowest BCUT2D eigenvalue weighted by molar-refractivity contribution is 0.549. The van der Waals surface area contributed by atoms with Gasteiger partial charge in [0, 0.05) is 32.4 Å². The quantitative estimate of drug-likeness (QED) is 0.801. The third-order valence-electron chi connectivity index (χ3n) is 3.06. The fraction of sp³-hybridized carbons (Fsp3) is 0.333. The fourth-order valence-corrected chi connectivity index (χ4v) is 3.25. The molecule has 0 bridgehead atoms. The zero-order valence-corrected chi connectivity index (χ0v) is 13.4. The molecule has 0 aliphatic rings. The van der Waals surface area contributed by atoms with Gasteiger partial charge in [-0.3, -0.25) is 0 Å². The number of nitrogens with one attached hydrogen (secondary N) is 1. The molecule has 0 amide bonds. The molecule has 1 nitrogen and oxygen atoms in total. The lowest BCUT2D eigenvalue weighted by Gasteiger charge is -2.13. The van der Waals surface area contributed by atoms with Gasteiger partial charge in [-0.15, -0.1) is 11.3 Å². The van der Waals surface area contributed by atoms with Gasteiger partial charge in [-0.25, -0.2) is 4.39 Å². The van der Waals surface area contributed by atoms with Gasteiger partial charge in [-0.05, 0) is 43.7 Å². The van der Waals surface area contributed by atoms with E-state index in [1.807, 2.05) is 17.4 Å². The van der Waals surface area contributed by atoms with E-state index in [9.17, 15) is 4.39 Å². The Bertz CT molecular complexity index is 553. The van der Waals surface area contributed by atoms with E-state index in [0.717, 1.165) is 10.9 Å². The minimum absolute atomic E-state index is 0.164. The van der Waals surface area contributed by atoms with E-state index in [1.165, 1.54) is 15.8 Å². The zero-order valence-electron chi connectivity index (χ0n) is 11.0. The van der Waals surface area contributed by atoms with Crippen molar-refractivity contribution >= 4 is 27.3 Å². The minimum Gasteiger partial charge on any atom is -0.305 e. The van der Waals surface area contributed by atoms with Gasteiger partial charge in [0.2, 0.25) is 0 Å². The van der Waals surface area contributed by atoms with Crippen molar-refractivity contribution in [2.45, 2.75) is 32.9 Å². The highest BCUT2D eigenvalue weighted by Gasteiger charge is 2.09. The van der Waals surface area contributed by atoms with Gasteiger partial charge in [0.1, 0.15) is 5.82 Å². The van der Waals surface area contributed by atoms with Crippen molar-refractivity contribution in [1.82, 2.24) is 5.32 Å². The second-order valence-corrected chi connectivity index (χ2v) is 6.61. The molecule has 2 aromatic rings. The smallest absolute Gasteiger partial charge is 0.127 e. The number of rotatable bonds is 5. The third-order valence-corrected chi connectivity index (χ3v) is 4.97. The SMILES string of the molecule is CCc1ccc(C(C)NCc2cc(Br)ccc2F)s1. The van der Waals surface area contributed by atoms with E-state index < -0.39 is 0 Å². The zero-order chi connectivity index (χ0) is 13.8. The topological polar surface area (TPSA) is 12.0 Å². The summed E-state index contributed by atoms with van der Waals surface area (Å²) in [6.45, 7) is 4.80. The molecule has 19 heavy (non-hydrogen) atoms. The van der Waals surface area contributed by atoms with Crippen molar-refractivity contribution in [3.05, 3.63) is 55.9 Å². The third kappa shape index (κ3) is 3.88. The summed E-state index contributed by atoms with van der Waals surface area (Å²) in [4.78, 5) is 2.68. The number of benzene rings is 1. The Morgan fingerprint density at radius 3 is 2.79 bits per heavy atom. The van der Waals surface area contributed by atoms with Gasteiger partial charge in [-0.2, -0.15) is 0 Å². The number of thiophene rings is 1. The van der Waals surface area contributed by atoms with Gasteiger partial charge >= 0.3 is 0 Å². The van der Waals surface area contributed by atoms with Crippen LogP contribution in [0.4, 0.5) is 4.39 Å². The molecule has 0 radical (unpaired) electrons. The van der Waals surface area contributed by atoms with Crippen molar-refractivity contribution in [1.29, 1.82) is 0 Å². The van der Waals surface area contributed by atoms with Gasteiger partial charge < -0.3 is 5.32 Å². The van der Waals surface area contributed by atoms with E-state index in [-0.39, 0.29) is 11.9 Å². The van der Waals surface area contributed by atoms with E-state index in [1.54, 1.807) is 6.07 Å². The largest absolute Gasteiger partial charge is 0.305 e. The van der Waals surface area contributed by atoms with Crippen LogP contribution in [-0.4, -0.2) is 0 Å². The summed E-state index contributed by atoms with van der Waals surface area (Å²) in [5.41, 5.74) is 0.688. The van der Waals surface area contributed by atoms with Crippen molar-refractivity contribution in [2.75, 3.05) is 0 Å². The highest BCUT2D eigenvalue weighted by molar-refractivity contribution is 9.10. The first kappa shape index (κ1) is 14.7. The van der Waals surface area contributed by atoms with Crippen molar-refractivity contribution < 1.29 is 4.39 Å². The molecule has 1 N–H and O–H groups in total. The number of aryl methyl sites for hydroxylation is 1. The molecule has 0 aliphatic carbocycles. The van der Waals surface area contributed by atoms with E-state index in [4.69, 9.17) is 0 Å². The fourth-order valence-electron chi connectivity index (χ4n) is 1.86. The molecule has 2 rings (SSSR count). The molecule has 102 valence electrons. The maximum absolute atomic E-state index is 13.6. The molecule has 0 aliphatic heterocycles. The number of hydrogen-bond donors (Lipinski definition) is 1. The molecule has 0 saturated carbocycles. The summed E-state index contributed by atoms with van der Waals surface area (Å²) >= 11 is 5.19. The van der Waals surface area contributed by atoms with Crippen molar-refractivity contribution in [2.24, 2.45) is 0 Å². The highest BCUT2D eigenvalue weighted by atomic mass is 79.9. The first-order chi connectivity index (χ1) is 9.10. The van der Waals surface area contributed by atoms with Crippen LogP contribution in [0.25, 0.3) is 0 Å². The minimum atomic E-state index is -0.164. The molecular weight excluding hydrogens is 325 g/mol. The predicted octanol–water partition coefficient (Wildman–Crippen LogP) is 5.06. The van der Waals surface area contributed by atoms with Crippen LogP contribution in [0.15, 0.2) is 34.8 Å². The van der Waals surface area contributed by atoms with Crippen LogP contribution in [-0.2, 0) is 13.0 Å². The molecule has 1 atom stereocenters. The molecule has 0 fully saturated rings. The van der Waals surface area contributed by atoms with Gasteiger partial charge in [0.05, 0.1) is 0 Å². The molecule has 0 saturated heterocycles. The first-order valence-corrected chi connectivity index (χ1v) is 7.97. The summed E-state index contributed by atoms with van der Waals surface area (Å²) in [7, 11) is 0.